The summed E-state index contributed by atoms with van der Waals surface area (Å²) in [5, 5.41) is 8.71. The first-order valence-corrected chi connectivity index (χ1v) is 3.70. The molecular formula is C8H13N3O2. The Morgan fingerprint density at radius 1 is 1.54 bits per heavy atom. The number of amidine groups is 1. The van der Waals surface area contributed by atoms with E-state index in [-0.39, 0.29) is 11.4 Å². The van der Waals surface area contributed by atoms with Crippen LogP contribution in [-0.4, -0.2) is 29.7 Å². The van der Waals surface area contributed by atoms with Gasteiger partial charge in [0.05, 0.1) is 11.5 Å². The van der Waals surface area contributed by atoms with Crippen molar-refractivity contribution in [2.24, 2.45) is 15.7 Å². The normalized spacial score (nSPS) is 14.5. The van der Waals surface area contributed by atoms with Crippen LogP contribution in [0.3, 0.4) is 0 Å². The second-order valence-corrected chi connectivity index (χ2v) is 2.30. The van der Waals surface area contributed by atoms with Gasteiger partial charge in [-0.25, -0.2) is 9.79 Å². The van der Waals surface area contributed by atoms with Gasteiger partial charge in [-0.2, -0.15) is 0 Å². The van der Waals surface area contributed by atoms with Crippen LogP contribution in [0.1, 0.15) is 13.8 Å². The van der Waals surface area contributed by atoms with Crippen molar-refractivity contribution in [3.63, 3.8) is 0 Å². The lowest BCUT2D eigenvalue weighted by Crippen LogP contribution is -2.17. The third-order valence-corrected chi connectivity index (χ3v) is 1.24. The van der Waals surface area contributed by atoms with Crippen molar-refractivity contribution < 1.29 is 9.90 Å². The lowest BCUT2D eigenvalue weighted by molar-refractivity contribution is -0.129. The minimum Gasteiger partial charge on any atom is -0.476 e. The largest absolute Gasteiger partial charge is 0.476 e. The lowest BCUT2D eigenvalue weighted by atomic mass is 10.2. The first-order chi connectivity index (χ1) is 6.02. The molecule has 0 aromatic carbocycles. The summed E-state index contributed by atoms with van der Waals surface area (Å²) in [7, 11) is 1.40. The van der Waals surface area contributed by atoms with E-state index in [1.165, 1.54) is 7.05 Å². The molecule has 0 unspecified atom stereocenters. The number of nitrogens with two attached hydrogens (primary N) is 1. The van der Waals surface area contributed by atoms with Crippen LogP contribution in [0.25, 0.3) is 0 Å². The van der Waals surface area contributed by atoms with Gasteiger partial charge in [-0.15, -0.1) is 0 Å². The van der Waals surface area contributed by atoms with E-state index in [1.54, 1.807) is 19.9 Å². The van der Waals surface area contributed by atoms with Gasteiger partial charge in [-0.05, 0) is 13.8 Å². The van der Waals surface area contributed by atoms with Gasteiger partial charge in [0.2, 0.25) is 0 Å². The van der Waals surface area contributed by atoms with Crippen molar-refractivity contribution in [1.29, 1.82) is 0 Å². The van der Waals surface area contributed by atoms with Crippen LogP contribution in [0, 0.1) is 0 Å². The molecule has 0 radical (unpaired) electrons. The van der Waals surface area contributed by atoms with E-state index in [9.17, 15) is 4.79 Å². The number of carboxylic acid groups (broad SMARTS) is 1. The minimum atomic E-state index is -1.11. The Morgan fingerprint density at radius 3 is 2.31 bits per heavy atom. The number of carboxylic acids is 1. The van der Waals surface area contributed by atoms with Gasteiger partial charge in [0, 0.05) is 7.05 Å². The van der Waals surface area contributed by atoms with E-state index in [4.69, 9.17) is 10.8 Å². The topological polar surface area (TPSA) is 88.0 Å². The summed E-state index contributed by atoms with van der Waals surface area (Å²) in [4.78, 5) is 18.1. The number of hydrogen-bond acceptors (Lipinski definition) is 3. The standard InChI is InChI=1S/C8H13N3O2/c1-4-6(11-5(2)9)7(10-3)8(12)13/h4H,1-3H3,(H2,9,11)(H,12,13)/b6-4-,10-7-. The lowest BCUT2D eigenvalue weighted by Gasteiger charge is -2.00. The molecule has 0 saturated carbocycles. The van der Waals surface area contributed by atoms with Gasteiger partial charge in [-0.3, -0.25) is 4.99 Å². The summed E-state index contributed by atoms with van der Waals surface area (Å²) in [6.45, 7) is 3.26. The Bertz CT molecular complexity index is 286. The highest BCUT2D eigenvalue weighted by Gasteiger charge is 2.12. The average molecular weight is 183 g/mol. The van der Waals surface area contributed by atoms with Gasteiger partial charge in [-0.1, -0.05) is 6.08 Å². The Balaban J connectivity index is 5.01. The molecule has 0 atom stereocenters. The van der Waals surface area contributed by atoms with E-state index >= 15 is 0 Å². The third kappa shape index (κ3) is 3.50. The van der Waals surface area contributed by atoms with Gasteiger partial charge < -0.3 is 10.8 Å². The molecule has 0 aliphatic carbocycles. The zero-order valence-corrected chi connectivity index (χ0v) is 7.90. The fourth-order valence-corrected chi connectivity index (χ4v) is 0.764. The van der Waals surface area contributed by atoms with Crippen LogP contribution in [0.15, 0.2) is 21.8 Å². The quantitative estimate of drug-likeness (QED) is 0.491. The summed E-state index contributed by atoms with van der Waals surface area (Å²) in [6.07, 6.45) is 1.55. The molecule has 0 bridgehead atoms. The Kier molecular flexibility index (Phi) is 4.43. The van der Waals surface area contributed by atoms with Crippen molar-refractivity contribution >= 4 is 17.5 Å². The summed E-state index contributed by atoms with van der Waals surface area (Å²) in [5.74, 6) is -0.809. The summed E-state index contributed by atoms with van der Waals surface area (Å²) in [5.41, 5.74) is 5.51. The summed E-state index contributed by atoms with van der Waals surface area (Å²) in [6, 6.07) is 0. The van der Waals surface area contributed by atoms with Crippen LogP contribution < -0.4 is 5.73 Å². The molecule has 3 N–H and O–H groups in total. The Morgan fingerprint density at radius 2 is 2.08 bits per heavy atom. The third-order valence-electron chi connectivity index (χ3n) is 1.24. The molecule has 0 rings (SSSR count). The zero-order valence-electron chi connectivity index (χ0n) is 7.90. The smallest absolute Gasteiger partial charge is 0.356 e. The van der Waals surface area contributed by atoms with E-state index in [0.717, 1.165) is 0 Å². The van der Waals surface area contributed by atoms with E-state index in [1.807, 2.05) is 0 Å². The van der Waals surface area contributed by atoms with Crippen molar-refractivity contribution in [2.45, 2.75) is 13.8 Å². The van der Waals surface area contributed by atoms with E-state index in [2.05, 4.69) is 9.98 Å². The second kappa shape index (κ2) is 5.08. The highest BCUT2D eigenvalue weighted by molar-refractivity contribution is 6.42. The molecule has 72 valence electrons. The number of hydrogen-bond donors (Lipinski definition) is 2. The van der Waals surface area contributed by atoms with Crippen molar-refractivity contribution in [3.05, 3.63) is 11.8 Å². The molecule has 0 aromatic rings. The fraction of sp³-hybridized carbons (Fsp3) is 0.375. The summed E-state index contributed by atoms with van der Waals surface area (Å²) < 4.78 is 0. The number of aliphatic imine (C=N–C) groups is 2. The molecule has 0 amide bonds. The van der Waals surface area contributed by atoms with Crippen LogP contribution in [0.4, 0.5) is 0 Å². The molecular weight excluding hydrogens is 170 g/mol. The fourth-order valence-electron chi connectivity index (χ4n) is 0.764. The van der Waals surface area contributed by atoms with E-state index in [0.29, 0.717) is 5.84 Å². The first-order valence-electron chi connectivity index (χ1n) is 3.70. The van der Waals surface area contributed by atoms with E-state index < -0.39 is 5.97 Å². The second-order valence-electron chi connectivity index (χ2n) is 2.30. The molecule has 0 aliphatic heterocycles. The number of allylic oxidation sites excluding steroid dienone is 1. The van der Waals surface area contributed by atoms with Gasteiger partial charge in [0.25, 0.3) is 0 Å². The van der Waals surface area contributed by atoms with Crippen molar-refractivity contribution in [3.8, 4) is 0 Å². The van der Waals surface area contributed by atoms with Gasteiger partial charge in [0.1, 0.15) is 0 Å². The molecule has 0 fully saturated rings. The zero-order chi connectivity index (χ0) is 10.4. The van der Waals surface area contributed by atoms with Crippen molar-refractivity contribution in [2.75, 3.05) is 7.05 Å². The maximum atomic E-state index is 10.6. The number of aliphatic carboxylic acids is 1. The predicted molar refractivity (Wildman–Crippen MR) is 52.0 cm³/mol. The molecule has 5 nitrogen and oxygen atoms in total. The Hall–Kier alpha value is -1.65. The molecule has 0 heterocycles. The maximum absolute atomic E-state index is 10.6. The highest BCUT2D eigenvalue weighted by Crippen LogP contribution is 2.01. The predicted octanol–water partition coefficient (Wildman–Crippen LogP) is 0.423. The first kappa shape index (κ1) is 11.4. The van der Waals surface area contributed by atoms with Crippen LogP contribution >= 0.6 is 0 Å². The SMILES string of the molecule is C/C=C(\N=C(/C)N)C(=N/C)/C(=O)O. The van der Waals surface area contributed by atoms with Crippen molar-refractivity contribution in [1.82, 2.24) is 0 Å². The molecule has 0 aliphatic rings. The monoisotopic (exact) mass is 183 g/mol. The highest BCUT2D eigenvalue weighted by atomic mass is 16.4. The number of carbonyl (C=O) groups is 1. The van der Waals surface area contributed by atoms with Crippen LogP contribution in [-0.2, 0) is 4.79 Å². The average Bonchev–Trinajstić information content (AvgIpc) is 2.02. The maximum Gasteiger partial charge on any atom is 0.356 e. The van der Waals surface area contributed by atoms with Crippen LogP contribution in [0.5, 0.6) is 0 Å². The summed E-state index contributed by atoms with van der Waals surface area (Å²) >= 11 is 0. The minimum absolute atomic E-state index is 0.0905. The van der Waals surface area contributed by atoms with Gasteiger partial charge in [0.15, 0.2) is 5.71 Å². The molecule has 5 heteroatoms. The molecule has 0 saturated heterocycles. The molecule has 0 aromatic heterocycles. The van der Waals surface area contributed by atoms with Crippen LogP contribution in [0.2, 0.25) is 0 Å². The number of nitrogens with zero attached hydrogens (tertiary/aromatic N) is 2. The Labute approximate surface area is 76.7 Å². The van der Waals surface area contributed by atoms with Gasteiger partial charge >= 0.3 is 5.97 Å². The number of rotatable bonds is 3. The molecule has 0 spiro atoms. The molecule has 13 heavy (non-hydrogen) atoms.